The molecule has 0 saturated heterocycles. The van der Waals surface area contributed by atoms with Gasteiger partial charge in [-0.25, -0.2) is 0 Å². The Morgan fingerprint density at radius 2 is 1.77 bits per heavy atom. The highest BCUT2D eigenvalue weighted by Crippen LogP contribution is 2.43. The van der Waals surface area contributed by atoms with Crippen LogP contribution >= 0.6 is 11.3 Å². The number of hydrogen-bond donors (Lipinski definition) is 0. The Morgan fingerprint density at radius 3 is 2.41 bits per heavy atom. The molecule has 3 aromatic rings. The largest absolute Gasteiger partial charge is 0.454 e. The first kappa shape index (κ1) is 14.5. The van der Waals surface area contributed by atoms with Gasteiger partial charge in [0, 0.05) is 0 Å². The minimum atomic E-state index is -4.69. The van der Waals surface area contributed by atoms with Crippen molar-refractivity contribution in [1.82, 2.24) is 5.16 Å². The van der Waals surface area contributed by atoms with Crippen molar-refractivity contribution in [2.75, 3.05) is 0 Å². The SMILES string of the molecule is FC(F)(F)c1onc(-c2cccs2)c1N=Nc1ccccc1. The summed E-state index contributed by atoms with van der Waals surface area (Å²) < 4.78 is 43.4. The second-order valence-electron chi connectivity index (χ2n) is 4.22. The van der Waals surface area contributed by atoms with Crippen molar-refractivity contribution >= 4 is 22.7 Å². The van der Waals surface area contributed by atoms with E-state index in [0.717, 1.165) is 0 Å². The number of rotatable bonds is 3. The minimum Gasteiger partial charge on any atom is -0.348 e. The summed E-state index contributed by atoms with van der Waals surface area (Å²) in [5, 5.41) is 12.8. The Kier molecular flexibility index (Phi) is 3.76. The predicted molar refractivity (Wildman–Crippen MR) is 75.4 cm³/mol. The molecule has 0 unspecified atom stereocenters. The first-order valence-corrected chi connectivity index (χ1v) is 7.01. The minimum absolute atomic E-state index is 0.0296. The maximum Gasteiger partial charge on any atom is 0.454 e. The third-order valence-corrected chi connectivity index (χ3v) is 3.58. The number of nitrogens with zero attached hydrogens (tertiary/aromatic N) is 3. The van der Waals surface area contributed by atoms with Gasteiger partial charge in [0.25, 0.3) is 5.76 Å². The van der Waals surface area contributed by atoms with Crippen LogP contribution in [0.1, 0.15) is 5.76 Å². The van der Waals surface area contributed by atoms with Crippen molar-refractivity contribution < 1.29 is 17.7 Å². The van der Waals surface area contributed by atoms with Crippen LogP contribution in [0.3, 0.4) is 0 Å². The van der Waals surface area contributed by atoms with Gasteiger partial charge in [0.2, 0.25) is 0 Å². The molecular formula is C14H8F3N3OS. The number of hydrogen-bond acceptors (Lipinski definition) is 5. The van der Waals surface area contributed by atoms with Crippen molar-refractivity contribution in [3.63, 3.8) is 0 Å². The Hall–Kier alpha value is -2.48. The molecule has 22 heavy (non-hydrogen) atoms. The van der Waals surface area contributed by atoms with Gasteiger partial charge in [-0.15, -0.1) is 16.5 Å². The third-order valence-electron chi connectivity index (χ3n) is 2.70. The van der Waals surface area contributed by atoms with E-state index in [1.807, 2.05) is 0 Å². The van der Waals surface area contributed by atoms with Gasteiger partial charge in [-0.2, -0.15) is 18.3 Å². The van der Waals surface area contributed by atoms with Crippen LogP contribution < -0.4 is 0 Å². The quantitative estimate of drug-likeness (QED) is 0.569. The lowest BCUT2D eigenvalue weighted by molar-refractivity contribution is -0.154. The number of aromatic nitrogens is 1. The predicted octanol–water partition coefficient (Wildman–Crippen LogP) is 5.84. The molecule has 3 rings (SSSR count). The molecule has 0 spiro atoms. The highest BCUT2D eigenvalue weighted by atomic mass is 32.1. The second-order valence-corrected chi connectivity index (χ2v) is 5.17. The van der Waals surface area contributed by atoms with Crippen LogP contribution in [0.25, 0.3) is 10.6 Å². The summed E-state index contributed by atoms with van der Waals surface area (Å²) in [7, 11) is 0. The monoisotopic (exact) mass is 323 g/mol. The molecule has 0 fully saturated rings. The molecule has 0 atom stereocenters. The lowest BCUT2D eigenvalue weighted by Crippen LogP contribution is -2.03. The van der Waals surface area contributed by atoms with Crippen molar-refractivity contribution in [2.45, 2.75) is 6.18 Å². The van der Waals surface area contributed by atoms with Gasteiger partial charge in [-0.3, -0.25) is 0 Å². The average Bonchev–Trinajstić information content (AvgIpc) is 3.14. The van der Waals surface area contributed by atoms with E-state index in [2.05, 4.69) is 19.9 Å². The molecule has 4 nitrogen and oxygen atoms in total. The Labute approximate surface area is 126 Å². The molecule has 1 aromatic carbocycles. The van der Waals surface area contributed by atoms with E-state index in [1.54, 1.807) is 47.8 Å². The van der Waals surface area contributed by atoms with E-state index >= 15 is 0 Å². The highest BCUT2D eigenvalue weighted by Gasteiger charge is 2.41. The van der Waals surface area contributed by atoms with Gasteiger partial charge in [0.15, 0.2) is 11.4 Å². The summed E-state index contributed by atoms with van der Waals surface area (Å²) in [5.74, 6) is -1.25. The molecule has 0 aliphatic heterocycles. The van der Waals surface area contributed by atoms with Gasteiger partial charge >= 0.3 is 6.18 Å². The fourth-order valence-electron chi connectivity index (χ4n) is 1.74. The van der Waals surface area contributed by atoms with Crippen LogP contribution in [0.4, 0.5) is 24.5 Å². The van der Waals surface area contributed by atoms with Crippen LogP contribution in [0, 0.1) is 0 Å². The Balaban J connectivity index is 2.07. The summed E-state index contributed by atoms with van der Waals surface area (Å²) in [5.41, 5.74) is 0.0507. The summed E-state index contributed by atoms with van der Waals surface area (Å²) in [6.45, 7) is 0. The second kappa shape index (κ2) is 5.72. The third kappa shape index (κ3) is 2.91. The summed E-state index contributed by atoms with van der Waals surface area (Å²) in [4.78, 5) is 0.529. The normalized spacial score (nSPS) is 12.1. The lowest BCUT2D eigenvalue weighted by atomic mass is 10.2. The molecule has 0 bridgehead atoms. The Bertz CT molecular complexity index is 780. The summed E-state index contributed by atoms with van der Waals surface area (Å²) in [6, 6.07) is 11.8. The zero-order valence-corrected chi connectivity index (χ0v) is 11.7. The molecule has 2 aromatic heterocycles. The first-order chi connectivity index (χ1) is 10.6. The average molecular weight is 323 g/mol. The van der Waals surface area contributed by atoms with Crippen LogP contribution in [0.15, 0.2) is 62.6 Å². The molecule has 0 radical (unpaired) electrons. The highest BCUT2D eigenvalue weighted by molar-refractivity contribution is 7.13. The van der Waals surface area contributed by atoms with Crippen molar-refractivity contribution in [3.8, 4) is 10.6 Å². The van der Waals surface area contributed by atoms with E-state index in [-0.39, 0.29) is 5.69 Å². The van der Waals surface area contributed by atoms with E-state index in [0.29, 0.717) is 10.6 Å². The number of azo groups is 1. The summed E-state index contributed by atoms with van der Waals surface area (Å²) >= 11 is 1.24. The summed E-state index contributed by atoms with van der Waals surface area (Å²) in [6.07, 6.45) is -4.69. The molecule has 2 heterocycles. The first-order valence-electron chi connectivity index (χ1n) is 6.13. The van der Waals surface area contributed by atoms with Gasteiger partial charge < -0.3 is 4.52 Å². The zero-order chi connectivity index (χ0) is 15.6. The van der Waals surface area contributed by atoms with E-state index in [4.69, 9.17) is 0 Å². The molecule has 0 saturated carbocycles. The number of alkyl halides is 3. The van der Waals surface area contributed by atoms with Crippen molar-refractivity contribution in [1.29, 1.82) is 0 Å². The van der Waals surface area contributed by atoms with Crippen molar-refractivity contribution in [3.05, 3.63) is 53.6 Å². The lowest BCUT2D eigenvalue weighted by Gasteiger charge is -2.01. The number of halogens is 3. The fraction of sp³-hybridized carbons (Fsp3) is 0.0714. The molecule has 0 N–H and O–H groups in total. The number of thiophene rings is 1. The van der Waals surface area contributed by atoms with Gasteiger partial charge in [0.1, 0.15) is 0 Å². The van der Waals surface area contributed by atoms with Gasteiger partial charge in [-0.1, -0.05) is 29.4 Å². The maximum atomic E-state index is 13.0. The molecule has 0 aliphatic rings. The molecule has 112 valence electrons. The molecule has 0 amide bonds. The van der Waals surface area contributed by atoms with Crippen LogP contribution in [0.2, 0.25) is 0 Å². The van der Waals surface area contributed by atoms with Crippen LogP contribution in [-0.4, -0.2) is 5.16 Å². The van der Waals surface area contributed by atoms with E-state index in [1.165, 1.54) is 11.3 Å². The molecule has 8 heteroatoms. The topological polar surface area (TPSA) is 50.8 Å². The fourth-order valence-corrected chi connectivity index (χ4v) is 2.45. The molecule has 0 aliphatic carbocycles. The van der Waals surface area contributed by atoms with Gasteiger partial charge in [-0.05, 0) is 23.6 Å². The smallest absolute Gasteiger partial charge is 0.348 e. The van der Waals surface area contributed by atoms with Crippen LogP contribution in [-0.2, 0) is 6.18 Å². The maximum absolute atomic E-state index is 13.0. The molecular weight excluding hydrogens is 315 g/mol. The van der Waals surface area contributed by atoms with Crippen molar-refractivity contribution in [2.24, 2.45) is 10.2 Å². The van der Waals surface area contributed by atoms with Crippen LogP contribution in [0.5, 0.6) is 0 Å². The van der Waals surface area contributed by atoms with Gasteiger partial charge in [0.05, 0.1) is 10.6 Å². The van der Waals surface area contributed by atoms with E-state index in [9.17, 15) is 13.2 Å². The standard InChI is InChI=1S/C14H8F3N3OS/c15-14(16,17)13-12(19-18-9-5-2-1-3-6-9)11(20-21-13)10-7-4-8-22-10/h1-8H. The van der Waals surface area contributed by atoms with E-state index < -0.39 is 17.6 Å². The Morgan fingerprint density at radius 1 is 1.00 bits per heavy atom. The zero-order valence-electron chi connectivity index (χ0n) is 10.9. The number of benzene rings is 1.